The molecular formula is C15H29N3O3S. The normalized spacial score (nSPS) is 22.4. The van der Waals surface area contributed by atoms with E-state index in [4.69, 9.17) is 0 Å². The third-order valence-electron chi connectivity index (χ3n) is 4.64. The molecule has 2 rings (SSSR count). The van der Waals surface area contributed by atoms with Gasteiger partial charge in [-0.2, -0.15) is 0 Å². The number of hydrogen-bond acceptors (Lipinski definition) is 4. The molecule has 7 heteroatoms. The first-order chi connectivity index (χ1) is 10.4. The van der Waals surface area contributed by atoms with Crippen molar-refractivity contribution in [3.05, 3.63) is 0 Å². The van der Waals surface area contributed by atoms with Gasteiger partial charge in [0.05, 0.1) is 5.75 Å². The van der Waals surface area contributed by atoms with Crippen LogP contribution in [0.3, 0.4) is 0 Å². The minimum Gasteiger partial charge on any atom is -0.335 e. The van der Waals surface area contributed by atoms with Gasteiger partial charge in [-0.3, -0.25) is 0 Å². The Morgan fingerprint density at radius 3 is 2.09 bits per heavy atom. The van der Waals surface area contributed by atoms with Gasteiger partial charge in [-0.15, -0.1) is 0 Å². The van der Waals surface area contributed by atoms with Gasteiger partial charge in [0.2, 0.25) is 0 Å². The molecule has 0 aromatic rings. The number of sulfone groups is 1. The standard InChI is InChI=1S/C15H29N3O3S/c1-22(20,21)12-11-18-9-7-14(8-10-18)17-15(19)16-13-5-3-2-4-6-13/h13-14H,2-12H2,1H3,(H2,16,17,19). The predicted octanol–water partition coefficient (Wildman–Crippen LogP) is 1.13. The topological polar surface area (TPSA) is 78.5 Å². The molecule has 2 aliphatic rings. The minimum atomic E-state index is -2.89. The summed E-state index contributed by atoms with van der Waals surface area (Å²) in [5.74, 6) is 0.216. The van der Waals surface area contributed by atoms with Crippen molar-refractivity contribution in [1.29, 1.82) is 0 Å². The molecule has 0 bridgehead atoms. The average molecular weight is 331 g/mol. The molecule has 1 aliphatic carbocycles. The first kappa shape index (κ1) is 17.5. The summed E-state index contributed by atoms with van der Waals surface area (Å²) in [7, 11) is -2.89. The van der Waals surface area contributed by atoms with Crippen LogP contribution in [0.15, 0.2) is 0 Å². The highest BCUT2D eigenvalue weighted by molar-refractivity contribution is 7.90. The average Bonchev–Trinajstić information content (AvgIpc) is 2.47. The van der Waals surface area contributed by atoms with Crippen LogP contribution in [-0.2, 0) is 9.84 Å². The summed E-state index contributed by atoms with van der Waals surface area (Å²) in [6, 6.07) is 0.503. The number of urea groups is 1. The zero-order chi connectivity index (χ0) is 16.0. The maximum Gasteiger partial charge on any atom is 0.315 e. The van der Waals surface area contributed by atoms with Crippen LogP contribution in [0.2, 0.25) is 0 Å². The summed E-state index contributed by atoms with van der Waals surface area (Å²) < 4.78 is 22.4. The molecule has 0 atom stereocenters. The summed E-state index contributed by atoms with van der Waals surface area (Å²) in [6.07, 6.45) is 8.95. The van der Waals surface area contributed by atoms with Crippen molar-refractivity contribution in [2.45, 2.75) is 57.0 Å². The van der Waals surface area contributed by atoms with Gasteiger partial charge in [0.1, 0.15) is 9.84 Å². The van der Waals surface area contributed by atoms with Gasteiger partial charge in [0, 0.05) is 38.0 Å². The second-order valence-electron chi connectivity index (χ2n) is 6.70. The summed E-state index contributed by atoms with van der Waals surface area (Å²) in [4.78, 5) is 14.2. The lowest BCUT2D eigenvalue weighted by molar-refractivity contribution is 0.196. The molecule has 0 unspecified atom stereocenters. The van der Waals surface area contributed by atoms with Crippen LogP contribution in [-0.4, -0.2) is 63.1 Å². The first-order valence-corrected chi connectivity index (χ1v) is 10.5. The molecule has 22 heavy (non-hydrogen) atoms. The van der Waals surface area contributed by atoms with Crippen molar-refractivity contribution < 1.29 is 13.2 Å². The largest absolute Gasteiger partial charge is 0.335 e. The van der Waals surface area contributed by atoms with Crippen LogP contribution in [0, 0.1) is 0 Å². The smallest absolute Gasteiger partial charge is 0.315 e. The number of carbonyl (C=O) groups is 1. The van der Waals surface area contributed by atoms with Gasteiger partial charge in [-0.25, -0.2) is 13.2 Å². The van der Waals surface area contributed by atoms with E-state index in [1.54, 1.807) is 0 Å². The fraction of sp³-hybridized carbons (Fsp3) is 0.933. The summed E-state index contributed by atoms with van der Waals surface area (Å²) in [5, 5.41) is 6.14. The van der Waals surface area contributed by atoms with Crippen LogP contribution >= 0.6 is 0 Å². The second-order valence-corrected chi connectivity index (χ2v) is 8.96. The number of amides is 2. The van der Waals surface area contributed by atoms with E-state index in [0.29, 0.717) is 12.6 Å². The molecule has 2 fully saturated rings. The van der Waals surface area contributed by atoms with E-state index in [0.717, 1.165) is 38.8 Å². The summed E-state index contributed by atoms with van der Waals surface area (Å²) in [6.45, 7) is 2.30. The van der Waals surface area contributed by atoms with Crippen LogP contribution in [0.25, 0.3) is 0 Å². The Labute approximate surface area is 133 Å². The van der Waals surface area contributed by atoms with Crippen molar-refractivity contribution in [3.8, 4) is 0 Å². The zero-order valence-corrected chi connectivity index (χ0v) is 14.3. The van der Waals surface area contributed by atoms with E-state index in [1.165, 1.54) is 25.5 Å². The number of likely N-dealkylation sites (tertiary alicyclic amines) is 1. The Kier molecular flexibility index (Phi) is 6.50. The van der Waals surface area contributed by atoms with E-state index in [9.17, 15) is 13.2 Å². The lowest BCUT2D eigenvalue weighted by atomic mass is 9.96. The molecule has 0 aromatic carbocycles. The highest BCUT2D eigenvalue weighted by Crippen LogP contribution is 2.17. The third-order valence-corrected chi connectivity index (χ3v) is 5.57. The van der Waals surface area contributed by atoms with Gasteiger partial charge >= 0.3 is 6.03 Å². The second kappa shape index (κ2) is 8.15. The van der Waals surface area contributed by atoms with Crippen LogP contribution in [0.4, 0.5) is 4.79 Å². The lowest BCUT2D eigenvalue weighted by Gasteiger charge is -2.32. The van der Waals surface area contributed by atoms with Crippen molar-refractivity contribution >= 4 is 15.9 Å². The minimum absolute atomic E-state index is 0.0403. The van der Waals surface area contributed by atoms with E-state index in [-0.39, 0.29) is 17.8 Å². The molecule has 1 aliphatic heterocycles. The van der Waals surface area contributed by atoms with Crippen molar-refractivity contribution in [2.75, 3.05) is 31.6 Å². The monoisotopic (exact) mass is 331 g/mol. The summed E-state index contributed by atoms with van der Waals surface area (Å²) >= 11 is 0. The van der Waals surface area contributed by atoms with Crippen molar-refractivity contribution in [1.82, 2.24) is 15.5 Å². The highest BCUT2D eigenvalue weighted by Gasteiger charge is 2.22. The number of hydrogen-bond donors (Lipinski definition) is 2. The Bertz CT molecular complexity index is 453. The van der Waals surface area contributed by atoms with Crippen LogP contribution in [0.1, 0.15) is 44.9 Å². The molecular weight excluding hydrogens is 302 g/mol. The van der Waals surface area contributed by atoms with E-state index < -0.39 is 9.84 Å². The van der Waals surface area contributed by atoms with Gasteiger partial charge in [-0.1, -0.05) is 19.3 Å². The molecule has 2 amide bonds. The Hall–Kier alpha value is -0.820. The third kappa shape index (κ3) is 6.52. The Balaban J connectivity index is 1.63. The molecule has 0 aromatic heterocycles. The predicted molar refractivity (Wildman–Crippen MR) is 87.7 cm³/mol. The first-order valence-electron chi connectivity index (χ1n) is 8.39. The van der Waals surface area contributed by atoms with Gasteiger partial charge in [-0.05, 0) is 25.7 Å². The Morgan fingerprint density at radius 2 is 1.55 bits per heavy atom. The van der Waals surface area contributed by atoms with Crippen molar-refractivity contribution in [2.24, 2.45) is 0 Å². The number of nitrogens with one attached hydrogen (secondary N) is 2. The quantitative estimate of drug-likeness (QED) is 0.791. The van der Waals surface area contributed by atoms with Crippen LogP contribution in [0.5, 0.6) is 0 Å². The maximum atomic E-state index is 12.0. The maximum absolute atomic E-state index is 12.0. The van der Waals surface area contributed by atoms with Gasteiger partial charge < -0.3 is 15.5 Å². The van der Waals surface area contributed by atoms with Gasteiger partial charge in [0.25, 0.3) is 0 Å². The Morgan fingerprint density at radius 1 is 1.00 bits per heavy atom. The molecule has 0 radical (unpaired) electrons. The van der Waals surface area contributed by atoms with E-state index in [2.05, 4.69) is 15.5 Å². The SMILES string of the molecule is CS(=O)(=O)CCN1CCC(NC(=O)NC2CCCCC2)CC1. The van der Waals surface area contributed by atoms with Gasteiger partial charge in [0.15, 0.2) is 0 Å². The lowest BCUT2D eigenvalue weighted by Crippen LogP contribution is -2.50. The van der Waals surface area contributed by atoms with Crippen molar-refractivity contribution in [3.63, 3.8) is 0 Å². The number of carbonyl (C=O) groups excluding carboxylic acids is 1. The highest BCUT2D eigenvalue weighted by atomic mass is 32.2. The van der Waals surface area contributed by atoms with Crippen LogP contribution < -0.4 is 10.6 Å². The number of rotatable bonds is 5. The zero-order valence-electron chi connectivity index (χ0n) is 13.5. The fourth-order valence-electron chi connectivity index (χ4n) is 3.26. The molecule has 1 heterocycles. The molecule has 6 nitrogen and oxygen atoms in total. The van der Waals surface area contributed by atoms with E-state index >= 15 is 0 Å². The molecule has 1 saturated heterocycles. The summed E-state index contributed by atoms with van der Waals surface area (Å²) in [5.41, 5.74) is 0. The number of nitrogens with zero attached hydrogens (tertiary/aromatic N) is 1. The van der Waals surface area contributed by atoms with E-state index in [1.807, 2.05) is 0 Å². The molecule has 2 N–H and O–H groups in total. The number of piperidine rings is 1. The fourth-order valence-corrected chi connectivity index (χ4v) is 3.85. The molecule has 0 spiro atoms. The molecule has 1 saturated carbocycles. The molecule has 128 valence electrons.